The highest BCUT2D eigenvalue weighted by Gasteiger charge is 2.17. The Kier molecular flexibility index (Phi) is 4.90. The summed E-state index contributed by atoms with van der Waals surface area (Å²) in [5.74, 6) is 1.37. The van der Waals surface area contributed by atoms with Crippen molar-refractivity contribution in [3.8, 4) is 33.9 Å². The van der Waals surface area contributed by atoms with Crippen LogP contribution in [0.15, 0.2) is 46.0 Å². The normalized spacial score (nSPS) is 10.7. The highest BCUT2D eigenvalue weighted by Crippen LogP contribution is 2.39. The van der Waals surface area contributed by atoms with Gasteiger partial charge in [-0.05, 0) is 48.6 Å². The largest absolute Gasteiger partial charge is 0.493 e. The molecule has 5 nitrogen and oxygen atoms in total. The second-order valence-corrected chi connectivity index (χ2v) is 6.41. The average molecular weight is 356 g/mol. The van der Waals surface area contributed by atoms with Crippen LogP contribution in [0.25, 0.3) is 22.4 Å². The summed E-state index contributed by atoms with van der Waals surface area (Å²) in [4.78, 5) is 1.05. The third kappa shape index (κ3) is 3.17. The summed E-state index contributed by atoms with van der Waals surface area (Å²) in [5.41, 5.74) is 11.3. The minimum Gasteiger partial charge on any atom is -0.493 e. The summed E-state index contributed by atoms with van der Waals surface area (Å²) in [6.07, 6.45) is 3.64. The molecule has 0 atom stereocenters. The quantitative estimate of drug-likeness (QED) is 0.530. The highest BCUT2D eigenvalue weighted by molar-refractivity contribution is 7.98. The predicted octanol–water partition coefficient (Wildman–Crippen LogP) is 4.64. The van der Waals surface area contributed by atoms with Crippen LogP contribution in [0.4, 0.5) is 5.69 Å². The van der Waals surface area contributed by atoms with Crippen molar-refractivity contribution < 1.29 is 14.0 Å². The SMILES string of the molecule is COc1cc(-c2nocc2-c2ccc(SC)c(N)c2)cc(C)c1OC. The molecule has 0 aliphatic heterocycles. The standard InChI is InChI=1S/C19H20N2O3S/c1-11-7-13(9-16(22-2)19(11)23-3)18-14(10-24-21-18)12-5-6-17(25-4)15(20)8-12/h5-10H,20H2,1-4H3. The Morgan fingerprint density at radius 2 is 1.88 bits per heavy atom. The van der Waals surface area contributed by atoms with E-state index >= 15 is 0 Å². The van der Waals surface area contributed by atoms with Gasteiger partial charge in [-0.3, -0.25) is 0 Å². The number of hydrogen-bond acceptors (Lipinski definition) is 6. The van der Waals surface area contributed by atoms with Crippen LogP contribution in [0.5, 0.6) is 11.5 Å². The Hall–Kier alpha value is -2.60. The van der Waals surface area contributed by atoms with E-state index < -0.39 is 0 Å². The molecule has 1 aromatic heterocycles. The lowest BCUT2D eigenvalue weighted by Gasteiger charge is -2.12. The van der Waals surface area contributed by atoms with Crippen molar-refractivity contribution in [1.82, 2.24) is 5.16 Å². The van der Waals surface area contributed by atoms with Crippen molar-refractivity contribution in [3.05, 3.63) is 42.2 Å². The molecule has 3 aromatic rings. The van der Waals surface area contributed by atoms with E-state index in [2.05, 4.69) is 5.16 Å². The lowest BCUT2D eigenvalue weighted by atomic mass is 9.99. The van der Waals surface area contributed by atoms with Crippen molar-refractivity contribution >= 4 is 17.4 Å². The summed E-state index contributed by atoms with van der Waals surface area (Å²) in [7, 11) is 3.24. The van der Waals surface area contributed by atoms with Gasteiger partial charge in [0.05, 0.1) is 14.2 Å². The number of methoxy groups -OCH3 is 2. The van der Waals surface area contributed by atoms with Crippen molar-refractivity contribution in [3.63, 3.8) is 0 Å². The van der Waals surface area contributed by atoms with Crippen LogP contribution in [0.1, 0.15) is 5.56 Å². The summed E-state index contributed by atoms with van der Waals surface area (Å²) in [5, 5.41) is 4.19. The first-order valence-corrected chi connectivity index (χ1v) is 8.92. The van der Waals surface area contributed by atoms with Gasteiger partial charge in [0, 0.05) is 21.7 Å². The molecule has 0 aliphatic rings. The zero-order chi connectivity index (χ0) is 18.0. The van der Waals surface area contributed by atoms with Crippen LogP contribution in [0.3, 0.4) is 0 Å². The maximum atomic E-state index is 6.13. The third-order valence-corrected chi connectivity index (χ3v) is 4.86. The molecule has 0 unspecified atom stereocenters. The van der Waals surface area contributed by atoms with Crippen LogP contribution < -0.4 is 15.2 Å². The number of nitrogen functional groups attached to an aromatic ring is 1. The first kappa shape index (κ1) is 17.2. The topological polar surface area (TPSA) is 70.5 Å². The number of nitrogens with zero attached hydrogens (tertiary/aromatic N) is 1. The van der Waals surface area contributed by atoms with Gasteiger partial charge >= 0.3 is 0 Å². The van der Waals surface area contributed by atoms with E-state index in [0.29, 0.717) is 11.5 Å². The smallest absolute Gasteiger partial charge is 0.163 e. The van der Waals surface area contributed by atoms with Gasteiger partial charge in [-0.2, -0.15) is 0 Å². The highest BCUT2D eigenvalue weighted by atomic mass is 32.2. The number of rotatable bonds is 5. The third-order valence-electron chi connectivity index (χ3n) is 4.05. The minimum absolute atomic E-state index is 0.656. The predicted molar refractivity (Wildman–Crippen MR) is 101 cm³/mol. The number of thioether (sulfide) groups is 1. The molecule has 25 heavy (non-hydrogen) atoms. The van der Waals surface area contributed by atoms with E-state index in [1.807, 2.05) is 43.5 Å². The number of benzene rings is 2. The molecule has 6 heteroatoms. The lowest BCUT2D eigenvalue weighted by Crippen LogP contribution is -1.95. The van der Waals surface area contributed by atoms with E-state index in [0.717, 1.165) is 38.5 Å². The van der Waals surface area contributed by atoms with Crippen LogP contribution in [-0.2, 0) is 0 Å². The molecule has 1 heterocycles. The zero-order valence-corrected chi connectivity index (χ0v) is 15.4. The molecule has 3 rings (SSSR count). The van der Waals surface area contributed by atoms with Gasteiger partial charge < -0.3 is 19.7 Å². The Balaban J connectivity index is 2.11. The fraction of sp³-hybridized carbons (Fsp3) is 0.211. The van der Waals surface area contributed by atoms with E-state index in [1.54, 1.807) is 32.2 Å². The molecule has 0 saturated heterocycles. The number of ether oxygens (including phenoxy) is 2. The van der Waals surface area contributed by atoms with Crippen LogP contribution in [0.2, 0.25) is 0 Å². The van der Waals surface area contributed by atoms with E-state index in [1.165, 1.54) is 0 Å². The molecule has 0 radical (unpaired) electrons. The Bertz CT molecular complexity index is 906. The molecule has 0 fully saturated rings. The second-order valence-electron chi connectivity index (χ2n) is 5.56. The van der Waals surface area contributed by atoms with Gasteiger partial charge in [-0.1, -0.05) is 11.2 Å². The number of hydrogen-bond donors (Lipinski definition) is 1. The molecule has 2 aromatic carbocycles. The van der Waals surface area contributed by atoms with Gasteiger partial charge in [-0.15, -0.1) is 11.8 Å². The molecular weight excluding hydrogens is 336 g/mol. The lowest BCUT2D eigenvalue weighted by molar-refractivity contribution is 0.353. The zero-order valence-electron chi connectivity index (χ0n) is 14.6. The van der Waals surface area contributed by atoms with Crippen LogP contribution in [0, 0.1) is 6.92 Å². The molecule has 2 N–H and O–H groups in total. The van der Waals surface area contributed by atoms with E-state index in [9.17, 15) is 0 Å². The molecule has 0 amide bonds. The molecule has 0 saturated carbocycles. The number of aryl methyl sites for hydroxylation is 1. The van der Waals surface area contributed by atoms with Gasteiger partial charge in [0.2, 0.25) is 0 Å². The van der Waals surface area contributed by atoms with E-state index in [4.69, 9.17) is 19.7 Å². The van der Waals surface area contributed by atoms with Crippen molar-refractivity contribution in [2.24, 2.45) is 0 Å². The van der Waals surface area contributed by atoms with Gasteiger partial charge in [0.1, 0.15) is 12.0 Å². The monoisotopic (exact) mass is 356 g/mol. The summed E-state index contributed by atoms with van der Waals surface area (Å²) < 4.78 is 16.1. The van der Waals surface area contributed by atoms with Crippen molar-refractivity contribution in [2.45, 2.75) is 11.8 Å². The number of anilines is 1. The summed E-state index contributed by atoms with van der Waals surface area (Å²) >= 11 is 1.62. The van der Waals surface area contributed by atoms with E-state index in [-0.39, 0.29) is 0 Å². The average Bonchev–Trinajstić information content (AvgIpc) is 3.10. The van der Waals surface area contributed by atoms with Gasteiger partial charge in [-0.25, -0.2) is 0 Å². The Labute approximate surface area is 151 Å². The minimum atomic E-state index is 0.656. The maximum Gasteiger partial charge on any atom is 0.163 e. The van der Waals surface area contributed by atoms with Gasteiger partial charge in [0.15, 0.2) is 11.5 Å². The second kappa shape index (κ2) is 7.11. The molecule has 0 aliphatic carbocycles. The van der Waals surface area contributed by atoms with Crippen molar-refractivity contribution in [1.29, 1.82) is 0 Å². The Morgan fingerprint density at radius 3 is 2.52 bits per heavy atom. The number of aromatic nitrogens is 1. The molecule has 0 bridgehead atoms. The van der Waals surface area contributed by atoms with Crippen LogP contribution in [-0.4, -0.2) is 25.6 Å². The molecule has 130 valence electrons. The summed E-state index contributed by atoms with van der Waals surface area (Å²) in [6, 6.07) is 9.86. The fourth-order valence-corrected chi connectivity index (χ4v) is 3.34. The first-order valence-electron chi connectivity index (χ1n) is 7.70. The molecular formula is C19H20N2O3S. The fourth-order valence-electron chi connectivity index (χ4n) is 2.84. The Morgan fingerprint density at radius 1 is 1.08 bits per heavy atom. The molecule has 0 spiro atoms. The number of nitrogens with two attached hydrogens (primary N) is 1. The first-order chi connectivity index (χ1) is 12.1. The van der Waals surface area contributed by atoms with Gasteiger partial charge in [0.25, 0.3) is 0 Å². The maximum absolute atomic E-state index is 6.13. The van der Waals surface area contributed by atoms with Crippen LogP contribution >= 0.6 is 11.8 Å². The summed E-state index contributed by atoms with van der Waals surface area (Å²) in [6.45, 7) is 1.97. The van der Waals surface area contributed by atoms with Crippen molar-refractivity contribution in [2.75, 3.05) is 26.2 Å².